The summed E-state index contributed by atoms with van der Waals surface area (Å²) in [4.78, 5) is 4.10. The van der Waals surface area contributed by atoms with Gasteiger partial charge < -0.3 is 5.11 Å². The lowest BCUT2D eigenvalue weighted by Gasteiger charge is -2.11. The van der Waals surface area contributed by atoms with Gasteiger partial charge in [-0.05, 0) is 36.2 Å². The zero-order chi connectivity index (χ0) is 13.1. The Labute approximate surface area is 116 Å². The second-order valence-corrected chi connectivity index (χ2v) is 5.06. The number of aryl methyl sites for hydroxylation is 1. The van der Waals surface area contributed by atoms with Crippen LogP contribution < -0.4 is 0 Å². The fraction of sp³-hybridized carbons (Fsp3) is 0.214. The highest BCUT2D eigenvalue weighted by Gasteiger charge is 2.12. The molecule has 2 rings (SSSR count). The Hall–Kier alpha value is -1.09. The van der Waals surface area contributed by atoms with E-state index >= 15 is 0 Å². The van der Waals surface area contributed by atoms with E-state index in [1.165, 1.54) is 6.20 Å². The maximum absolute atomic E-state index is 10.1. The number of aromatic nitrogens is 1. The molecule has 18 heavy (non-hydrogen) atoms. The number of nitrogens with zero attached hydrogens (tertiary/aromatic N) is 1. The number of aliphatic hydroxyl groups excluding tert-OH is 1. The Bertz CT molecular complexity index is 540. The van der Waals surface area contributed by atoms with E-state index in [9.17, 15) is 5.11 Å². The quantitative estimate of drug-likeness (QED) is 0.923. The minimum absolute atomic E-state index is 0.438. The van der Waals surface area contributed by atoms with E-state index in [4.69, 9.17) is 23.2 Å². The number of hydrogen-bond acceptors (Lipinski definition) is 2. The molecule has 1 atom stereocenters. The van der Waals surface area contributed by atoms with Crippen LogP contribution in [0.2, 0.25) is 10.0 Å². The maximum atomic E-state index is 10.1. The Morgan fingerprint density at radius 1 is 1.22 bits per heavy atom. The third-order valence-electron chi connectivity index (χ3n) is 2.71. The van der Waals surface area contributed by atoms with Crippen molar-refractivity contribution in [2.45, 2.75) is 19.4 Å². The molecule has 1 unspecified atom stereocenters. The highest BCUT2D eigenvalue weighted by molar-refractivity contribution is 6.31. The molecule has 0 aliphatic carbocycles. The van der Waals surface area contributed by atoms with Crippen molar-refractivity contribution in [3.8, 4) is 0 Å². The Balaban J connectivity index is 2.15. The van der Waals surface area contributed by atoms with Crippen LogP contribution in [0.1, 0.15) is 22.9 Å². The molecule has 0 fully saturated rings. The molecule has 2 nitrogen and oxygen atoms in total. The first-order valence-corrected chi connectivity index (χ1v) is 6.36. The van der Waals surface area contributed by atoms with E-state index in [0.717, 1.165) is 11.1 Å². The van der Waals surface area contributed by atoms with Crippen molar-refractivity contribution >= 4 is 23.2 Å². The molecule has 0 amide bonds. The summed E-state index contributed by atoms with van der Waals surface area (Å²) in [5.74, 6) is 0. The number of rotatable bonds is 3. The van der Waals surface area contributed by atoms with Crippen molar-refractivity contribution < 1.29 is 5.11 Å². The normalized spacial score (nSPS) is 12.4. The van der Waals surface area contributed by atoms with Crippen molar-refractivity contribution in [1.82, 2.24) is 4.98 Å². The van der Waals surface area contributed by atoms with Gasteiger partial charge in [0.15, 0.2) is 0 Å². The SMILES string of the molecule is Cc1ccc(CC(O)c2ccc(Cl)cn2)c(Cl)c1. The van der Waals surface area contributed by atoms with Gasteiger partial charge in [-0.25, -0.2) is 0 Å². The summed E-state index contributed by atoms with van der Waals surface area (Å²) in [5, 5.41) is 11.3. The van der Waals surface area contributed by atoms with Gasteiger partial charge in [0, 0.05) is 17.6 Å². The van der Waals surface area contributed by atoms with Gasteiger partial charge in [0.05, 0.1) is 16.8 Å². The first kappa shape index (κ1) is 13.3. The van der Waals surface area contributed by atoms with Crippen LogP contribution in [0.3, 0.4) is 0 Å². The van der Waals surface area contributed by atoms with E-state index in [-0.39, 0.29) is 0 Å². The van der Waals surface area contributed by atoms with Gasteiger partial charge in [0.1, 0.15) is 0 Å². The molecule has 0 spiro atoms. The van der Waals surface area contributed by atoms with Crippen LogP contribution in [0.4, 0.5) is 0 Å². The second-order valence-electron chi connectivity index (χ2n) is 4.22. The number of benzene rings is 1. The van der Waals surface area contributed by atoms with E-state index in [0.29, 0.717) is 22.2 Å². The highest BCUT2D eigenvalue weighted by Crippen LogP contribution is 2.24. The number of pyridine rings is 1. The van der Waals surface area contributed by atoms with Crippen LogP contribution in [0.15, 0.2) is 36.5 Å². The Morgan fingerprint density at radius 2 is 2.00 bits per heavy atom. The molecule has 1 aromatic carbocycles. The molecule has 1 aromatic heterocycles. The lowest BCUT2D eigenvalue weighted by Crippen LogP contribution is -2.04. The van der Waals surface area contributed by atoms with Crippen LogP contribution >= 0.6 is 23.2 Å². The summed E-state index contributed by atoms with van der Waals surface area (Å²) >= 11 is 11.9. The average molecular weight is 282 g/mol. The highest BCUT2D eigenvalue weighted by atomic mass is 35.5. The largest absolute Gasteiger partial charge is 0.386 e. The number of halogens is 2. The van der Waals surface area contributed by atoms with Gasteiger partial charge in [0.2, 0.25) is 0 Å². The zero-order valence-electron chi connectivity index (χ0n) is 9.90. The first-order chi connectivity index (χ1) is 8.56. The Kier molecular flexibility index (Phi) is 4.23. The average Bonchev–Trinajstić information content (AvgIpc) is 2.33. The van der Waals surface area contributed by atoms with Crippen LogP contribution in [0, 0.1) is 6.92 Å². The maximum Gasteiger partial charge on any atom is 0.1000 e. The predicted molar refractivity (Wildman–Crippen MR) is 74.1 cm³/mol. The van der Waals surface area contributed by atoms with Gasteiger partial charge in [0.25, 0.3) is 0 Å². The van der Waals surface area contributed by atoms with Crippen molar-refractivity contribution in [3.63, 3.8) is 0 Å². The summed E-state index contributed by atoms with van der Waals surface area (Å²) in [6.07, 6.45) is 1.28. The predicted octanol–water partition coefficient (Wildman–Crippen LogP) is 3.97. The van der Waals surface area contributed by atoms with Gasteiger partial charge >= 0.3 is 0 Å². The minimum Gasteiger partial charge on any atom is -0.386 e. The molecular weight excluding hydrogens is 269 g/mol. The fourth-order valence-electron chi connectivity index (χ4n) is 1.72. The third kappa shape index (κ3) is 3.22. The van der Waals surface area contributed by atoms with Crippen molar-refractivity contribution in [2.24, 2.45) is 0 Å². The number of hydrogen-bond donors (Lipinski definition) is 1. The summed E-state index contributed by atoms with van der Waals surface area (Å²) in [5.41, 5.74) is 2.60. The molecular formula is C14H13Cl2NO. The van der Waals surface area contributed by atoms with Crippen molar-refractivity contribution in [1.29, 1.82) is 0 Å². The molecule has 0 aliphatic rings. The van der Waals surface area contributed by atoms with Gasteiger partial charge in [-0.15, -0.1) is 0 Å². The van der Waals surface area contributed by atoms with Crippen LogP contribution in [0.5, 0.6) is 0 Å². The molecule has 1 heterocycles. The minimum atomic E-state index is -0.678. The molecule has 0 saturated carbocycles. The zero-order valence-corrected chi connectivity index (χ0v) is 11.4. The second kappa shape index (κ2) is 5.70. The molecule has 0 radical (unpaired) electrons. The van der Waals surface area contributed by atoms with Crippen LogP contribution in [-0.4, -0.2) is 10.1 Å². The van der Waals surface area contributed by atoms with E-state index < -0.39 is 6.10 Å². The topological polar surface area (TPSA) is 33.1 Å². The standard InChI is InChI=1S/C14H13Cl2NO/c1-9-2-3-10(12(16)6-9)7-14(18)13-5-4-11(15)8-17-13/h2-6,8,14,18H,7H2,1H3. The first-order valence-electron chi connectivity index (χ1n) is 5.61. The van der Waals surface area contributed by atoms with Gasteiger partial charge in [-0.2, -0.15) is 0 Å². The summed E-state index contributed by atoms with van der Waals surface area (Å²) in [7, 11) is 0. The molecule has 2 aromatic rings. The fourth-order valence-corrected chi connectivity index (χ4v) is 2.14. The molecule has 4 heteroatoms. The van der Waals surface area contributed by atoms with Crippen LogP contribution in [-0.2, 0) is 6.42 Å². The van der Waals surface area contributed by atoms with Crippen molar-refractivity contribution in [3.05, 3.63) is 63.4 Å². The van der Waals surface area contributed by atoms with E-state index in [1.807, 2.05) is 25.1 Å². The van der Waals surface area contributed by atoms with E-state index in [2.05, 4.69) is 4.98 Å². The van der Waals surface area contributed by atoms with Gasteiger partial charge in [-0.1, -0.05) is 35.3 Å². The summed E-state index contributed by atoms with van der Waals surface area (Å²) in [6.45, 7) is 1.98. The Morgan fingerprint density at radius 3 is 2.61 bits per heavy atom. The molecule has 0 bridgehead atoms. The van der Waals surface area contributed by atoms with Crippen molar-refractivity contribution in [2.75, 3.05) is 0 Å². The lowest BCUT2D eigenvalue weighted by atomic mass is 10.0. The van der Waals surface area contributed by atoms with E-state index in [1.54, 1.807) is 12.1 Å². The molecule has 0 aliphatic heterocycles. The number of aliphatic hydroxyl groups is 1. The van der Waals surface area contributed by atoms with Gasteiger partial charge in [-0.3, -0.25) is 4.98 Å². The summed E-state index contributed by atoms with van der Waals surface area (Å²) < 4.78 is 0. The van der Waals surface area contributed by atoms with Crippen LogP contribution in [0.25, 0.3) is 0 Å². The third-order valence-corrected chi connectivity index (χ3v) is 3.29. The monoisotopic (exact) mass is 281 g/mol. The molecule has 0 saturated heterocycles. The molecule has 94 valence electrons. The summed E-state index contributed by atoms with van der Waals surface area (Å²) in [6, 6.07) is 9.22. The molecule has 1 N–H and O–H groups in total. The lowest BCUT2D eigenvalue weighted by molar-refractivity contribution is 0.173. The smallest absolute Gasteiger partial charge is 0.1000 e.